The molecular formula is C16H19ClN2O2. The fraction of sp³-hybridized carbons (Fsp3) is 0.188. The van der Waals surface area contributed by atoms with Crippen LogP contribution in [-0.2, 0) is 11.3 Å². The second-order valence-electron chi connectivity index (χ2n) is 4.46. The molecule has 3 N–H and O–H groups in total. The van der Waals surface area contributed by atoms with E-state index in [1.807, 2.05) is 60.7 Å². The van der Waals surface area contributed by atoms with E-state index in [0.717, 1.165) is 11.1 Å². The van der Waals surface area contributed by atoms with Gasteiger partial charge in [0.15, 0.2) is 0 Å². The van der Waals surface area contributed by atoms with Gasteiger partial charge in [-0.25, -0.2) is 4.79 Å². The Morgan fingerprint density at radius 3 is 2.24 bits per heavy atom. The van der Waals surface area contributed by atoms with Crippen molar-refractivity contribution >= 4 is 18.5 Å². The number of nitrogens with two attached hydrogens (primary N) is 1. The van der Waals surface area contributed by atoms with Crippen molar-refractivity contribution in [3.63, 3.8) is 0 Å². The molecule has 2 aromatic rings. The van der Waals surface area contributed by atoms with E-state index < -0.39 is 6.09 Å². The predicted molar refractivity (Wildman–Crippen MR) is 85.2 cm³/mol. The van der Waals surface area contributed by atoms with Gasteiger partial charge < -0.3 is 15.8 Å². The van der Waals surface area contributed by atoms with Crippen molar-refractivity contribution in [3.8, 4) is 0 Å². The summed E-state index contributed by atoms with van der Waals surface area (Å²) in [6, 6.07) is 18.9. The highest BCUT2D eigenvalue weighted by molar-refractivity contribution is 5.85. The van der Waals surface area contributed by atoms with Crippen molar-refractivity contribution in [1.29, 1.82) is 0 Å². The summed E-state index contributed by atoms with van der Waals surface area (Å²) in [5.74, 6) is 0. The Morgan fingerprint density at radius 2 is 1.62 bits per heavy atom. The number of halogens is 1. The third-order valence-electron chi connectivity index (χ3n) is 2.91. The molecule has 0 aliphatic carbocycles. The molecule has 1 amide bonds. The van der Waals surface area contributed by atoms with Crippen LogP contribution >= 0.6 is 12.4 Å². The minimum Gasteiger partial charge on any atom is -0.445 e. The molecule has 1 atom stereocenters. The Morgan fingerprint density at radius 1 is 1.05 bits per heavy atom. The third-order valence-corrected chi connectivity index (χ3v) is 2.91. The maximum absolute atomic E-state index is 11.6. The van der Waals surface area contributed by atoms with Crippen molar-refractivity contribution in [2.24, 2.45) is 5.73 Å². The molecule has 0 unspecified atom stereocenters. The van der Waals surface area contributed by atoms with Crippen LogP contribution in [0.3, 0.4) is 0 Å². The van der Waals surface area contributed by atoms with Gasteiger partial charge in [-0.2, -0.15) is 0 Å². The van der Waals surface area contributed by atoms with Gasteiger partial charge in [0.05, 0.1) is 0 Å². The zero-order chi connectivity index (χ0) is 14.2. The number of hydrogen-bond donors (Lipinski definition) is 2. The molecule has 2 rings (SSSR count). The van der Waals surface area contributed by atoms with Crippen LogP contribution in [-0.4, -0.2) is 12.6 Å². The topological polar surface area (TPSA) is 64.3 Å². The highest BCUT2D eigenvalue weighted by Gasteiger charge is 2.08. The van der Waals surface area contributed by atoms with Gasteiger partial charge in [0.25, 0.3) is 0 Å². The second-order valence-corrected chi connectivity index (χ2v) is 4.46. The van der Waals surface area contributed by atoms with Crippen molar-refractivity contribution in [3.05, 3.63) is 71.8 Å². The van der Waals surface area contributed by atoms with Gasteiger partial charge >= 0.3 is 6.09 Å². The van der Waals surface area contributed by atoms with Gasteiger partial charge in [-0.05, 0) is 11.1 Å². The lowest BCUT2D eigenvalue weighted by Gasteiger charge is -2.13. The van der Waals surface area contributed by atoms with Crippen LogP contribution in [0.5, 0.6) is 0 Å². The second kappa shape index (κ2) is 9.00. The van der Waals surface area contributed by atoms with Crippen LogP contribution < -0.4 is 11.1 Å². The summed E-state index contributed by atoms with van der Waals surface area (Å²) in [5.41, 5.74) is 7.92. The molecule has 0 bridgehead atoms. The quantitative estimate of drug-likeness (QED) is 0.892. The first kappa shape index (κ1) is 17.0. The Balaban J connectivity index is 0.00000220. The number of carbonyl (C=O) groups excluding carboxylic acids is 1. The van der Waals surface area contributed by atoms with Gasteiger partial charge in [0.2, 0.25) is 0 Å². The number of ether oxygens (including phenoxy) is 1. The normalized spacial score (nSPS) is 11.1. The number of hydrogen-bond acceptors (Lipinski definition) is 3. The smallest absolute Gasteiger partial charge is 0.407 e. The Bertz CT molecular complexity index is 534. The molecular weight excluding hydrogens is 288 g/mol. The van der Waals surface area contributed by atoms with Crippen LogP contribution in [0, 0.1) is 0 Å². The van der Waals surface area contributed by atoms with Gasteiger partial charge in [-0.3, -0.25) is 0 Å². The monoisotopic (exact) mass is 306 g/mol. The third kappa shape index (κ3) is 5.85. The summed E-state index contributed by atoms with van der Waals surface area (Å²) in [4.78, 5) is 11.6. The number of nitrogens with one attached hydrogen (secondary N) is 1. The SMILES string of the molecule is Cl.N[C@@H](CNC(=O)OCc1ccccc1)c1ccccc1. The summed E-state index contributed by atoms with van der Waals surface area (Å²) in [6.07, 6.45) is -0.458. The molecule has 21 heavy (non-hydrogen) atoms. The first-order valence-electron chi connectivity index (χ1n) is 6.51. The van der Waals surface area contributed by atoms with Crippen molar-refractivity contribution < 1.29 is 9.53 Å². The molecule has 0 saturated carbocycles. The zero-order valence-corrected chi connectivity index (χ0v) is 12.4. The lowest BCUT2D eigenvalue weighted by molar-refractivity contribution is 0.139. The molecule has 0 aliphatic rings. The molecule has 0 saturated heterocycles. The first-order valence-corrected chi connectivity index (χ1v) is 6.51. The summed E-state index contributed by atoms with van der Waals surface area (Å²) in [7, 11) is 0. The van der Waals surface area contributed by atoms with Crippen LogP contribution in [0.2, 0.25) is 0 Å². The van der Waals surface area contributed by atoms with E-state index in [1.165, 1.54) is 0 Å². The van der Waals surface area contributed by atoms with Gasteiger partial charge in [0.1, 0.15) is 6.61 Å². The number of benzene rings is 2. The Labute approximate surface area is 130 Å². The molecule has 0 fully saturated rings. The lowest BCUT2D eigenvalue weighted by Crippen LogP contribution is -2.32. The molecule has 5 heteroatoms. The Hall–Kier alpha value is -2.04. The standard InChI is InChI=1S/C16H18N2O2.ClH/c17-15(14-9-5-2-6-10-14)11-18-16(19)20-12-13-7-3-1-4-8-13;/h1-10,15H,11-12,17H2,(H,18,19);1H/t15-;/m0./s1. The largest absolute Gasteiger partial charge is 0.445 e. The highest BCUT2D eigenvalue weighted by atomic mass is 35.5. The average Bonchev–Trinajstić information content (AvgIpc) is 2.52. The zero-order valence-electron chi connectivity index (χ0n) is 11.6. The molecule has 0 radical (unpaired) electrons. The van der Waals surface area contributed by atoms with E-state index in [1.54, 1.807) is 0 Å². The fourth-order valence-corrected chi connectivity index (χ4v) is 1.79. The van der Waals surface area contributed by atoms with E-state index in [-0.39, 0.29) is 25.1 Å². The van der Waals surface area contributed by atoms with Crippen LogP contribution in [0.1, 0.15) is 17.2 Å². The lowest BCUT2D eigenvalue weighted by atomic mass is 10.1. The average molecular weight is 307 g/mol. The minimum absolute atomic E-state index is 0. The molecule has 4 nitrogen and oxygen atoms in total. The van der Waals surface area contributed by atoms with E-state index in [9.17, 15) is 4.79 Å². The predicted octanol–water partition coefficient (Wildman–Crippen LogP) is 3.03. The van der Waals surface area contributed by atoms with Gasteiger partial charge in [-0.1, -0.05) is 60.7 Å². The van der Waals surface area contributed by atoms with Crippen LogP contribution in [0.25, 0.3) is 0 Å². The van der Waals surface area contributed by atoms with Crippen molar-refractivity contribution in [1.82, 2.24) is 5.32 Å². The number of amides is 1. The van der Waals surface area contributed by atoms with E-state index >= 15 is 0 Å². The fourth-order valence-electron chi connectivity index (χ4n) is 1.79. The van der Waals surface area contributed by atoms with Gasteiger partial charge in [0, 0.05) is 12.6 Å². The number of carbonyl (C=O) groups is 1. The van der Waals surface area contributed by atoms with Crippen LogP contribution in [0.15, 0.2) is 60.7 Å². The van der Waals surface area contributed by atoms with Crippen LogP contribution in [0.4, 0.5) is 4.79 Å². The van der Waals surface area contributed by atoms with E-state index in [2.05, 4.69) is 5.32 Å². The van der Waals surface area contributed by atoms with E-state index in [4.69, 9.17) is 10.5 Å². The summed E-state index contributed by atoms with van der Waals surface area (Å²) < 4.78 is 5.11. The summed E-state index contributed by atoms with van der Waals surface area (Å²) >= 11 is 0. The molecule has 0 aromatic heterocycles. The molecule has 0 spiro atoms. The summed E-state index contributed by atoms with van der Waals surface area (Å²) in [5, 5.41) is 2.66. The van der Waals surface area contributed by atoms with Crippen molar-refractivity contribution in [2.45, 2.75) is 12.6 Å². The molecule has 112 valence electrons. The van der Waals surface area contributed by atoms with E-state index in [0.29, 0.717) is 6.54 Å². The maximum atomic E-state index is 11.6. The molecule has 0 heterocycles. The van der Waals surface area contributed by atoms with Crippen molar-refractivity contribution in [2.75, 3.05) is 6.54 Å². The first-order chi connectivity index (χ1) is 9.75. The number of alkyl carbamates (subject to hydrolysis) is 1. The highest BCUT2D eigenvalue weighted by Crippen LogP contribution is 2.08. The minimum atomic E-state index is -0.458. The van der Waals surface area contributed by atoms with Gasteiger partial charge in [-0.15, -0.1) is 12.4 Å². The number of rotatable bonds is 5. The Kier molecular flexibility index (Phi) is 7.29. The maximum Gasteiger partial charge on any atom is 0.407 e. The molecule has 2 aromatic carbocycles. The molecule has 0 aliphatic heterocycles. The summed E-state index contributed by atoms with van der Waals surface area (Å²) in [6.45, 7) is 0.602.